The Morgan fingerprint density at radius 1 is 1.20 bits per heavy atom. The summed E-state index contributed by atoms with van der Waals surface area (Å²) in [7, 11) is 1.46. The van der Waals surface area contributed by atoms with Gasteiger partial charge in [-0.05, 0) is 61.2 Å². The van der Waals surface area contributed by atoms with Gasteiger partial charge in [0, 0.05) is 0 Å². The molecule has 0 fully saturated rings. The van der Waals surface area contributed by atoms with Crippen molar-refractivity contribution in [1.29, 1.82) is 0 Å². The number of rotatable bonds is 6. The number of phenolic OH excluding ortho intramolecular Hbond substituents is 1. The number of amides is 1. The van der Waals surface area contributed by atoms with Crippen molar-refractivity contribution >= 4 is 12.1 Å². The molecule has 132 valence electrons. The number of nitrogens with zero attached hydrogens (tertiary/aromatic N) is 1. The molecular weight excluding hydrogens is 320 g/mol. The third kappa shape index (κ3) is 4.73. The van der Waals surface area contributed by atoms with E-state index in [0.29, 0.717) is 11.3 Å². The molecule has 0 saturated carbocycles. The first-order valence-corrected chi connectivity index (χ1v) is 7.81. The molecule has 0 atom stereocenters. The minimum absolute atomic E-state index is 0.0426. The molecule has 0 unspecified atom stereocenters. The van der Waals surface area contributed by atoms with Gasteiger partial charge in [-0.1, -0.05) is 12.1 Å². The zero-order valence-electron chi connectivity index (χ0n) is 14.8. The number of aromatic hydroxyl groups is 1. The maximum atomic E-state index is 11.9. The lowest BCUT2D eigenvalue weighted by Gasteiger charge is -2.13. The first kappa shape index (κ1) is 18.3. The molecule has 25 heavy (non-hydrogen) atoms. The van der Waals surface area contributed by atoms with Crippen LogP contribution < -0.4 is 14.9 Å². The lowest BCUT2D eigenvalue weighted by Crippen LogP contribution is -2.25. The fraction of sp³-hybridized carbons (Fsp3) is 0.263. The van der Waals surface area contributed by atoms with Gasteiger partial charge in [-0.2, -0.15) is 5.10 Å². The number of benzene rings is 2. The minimum atomic E-state index is -0.359. The van der Waals surface area contributed by atoms with Gasteiger partial charge in [-0.15, -0.1) is 0 Å². The van der Waals surface area contributed by atoms with Crippen molar-refractivity contribution in [2.24, 2.45) is 5.10 Å². The van der Waals surface area contributed by atoms with Crippen LogP contribution in [0.5, 0.6) is 17.2 Å². The van der Waals surface area contributed by atoms with E-state index in [1.54, 1.807) is 12.1 Å². The molecule has 2 aromatic rings. The molecule has 0 spiro atoms. The predicted molar refractivity (Wildman–Crippen MR) is 96.5 cm³/mol. The number of hydrazone groups is 1. The van der Waals surface area contributed by atoms with Gasteiger partial charge in [0.2, 0.25) is 0 Å². The molecular formula is C19H22N2O4. The van der Waals surface area contributed by atoms with Crippen molar-refractivity contribution in [3.8, 4) is 17.2 Å². The van der Waals surface area contributed by atoms with E-state index in [-0.39, 0.29) is 18.3 Å². The van der Waals surface area contributed by atoms with Gasteiger partial charge in [-0.3, -0.25) is 4.79 Å². The highest BCUT2D eigenvalue weighted by Crippen LogP contribution is 2.26. The second-order valence-electron chi connectivity index (χ2n) is 5.67. The number of nitrogens with one attached hydrogen (secondary N) is 1. The van der Waals surface area contributed by atoms with Crippen LogP contribution in [0.25, 0.3) is 0 Å². The van der Waals surface area contributed by atoms with Gasteiger partial charge in [0.25, 0.3) is 5.91 Å². The summed E-state index contributed by atoms with van der Waals surface area (Å²) in [4.78, 5) is 11.9. The number of carbonyl (C=O) groups excluding carboxylic acids is 1. The van der Waals surface area contributed by atoms with E-state index < -0.39 is 0 Å². The van der Waals surface area contributed by atoms with Crippen LogP contribution in [0.2, 0.25) is 0 Å². The van der Waals surface area contributed by atoms with Crippen molar-refractivity contribution < 1.29 is 19.4 Å². The summed E-state index contributed by atoms with van der Waals surface area (Å²) in [6.07, 6.45) is 1.46. The summed E-state index contributed by atoms with van der Waals surface area (Å²) < 4.78 is 10.6. The SMILES string of the molecule is COc1cc(/C=N/NC(=O)COc2c(C)ccc(C)c2C)ccc1O. The Morgan fingerprint density at radius 3 is 2.64 bits per heavy atom. The van der Waals surface area contributed by atoms with E-state index in [0.717, 1.165) is 22.4 Å². The van der Waals surface area contributed by atoms with Crippen LogP contribution >= 0.6 is 0 Å². The van der Waals surface area contributed by atoms with Gasteiger partial charge < -0.3 is 14.6 Å². The summed E-state index contributed by atoms with van der Waals surface area (Å²) >= 11 is 0. The Kier molecular flexibility index (Phi) is 6.00. The van der Waals surface area contributed by atoms with E-state index in [2.05, 4.69) is 10.5 Å². The summed E-state index contributed by atoms with van der Waals surface area (Å²) in [5.41, 5.74) is 6.21. The summed E-state index contributed by atoms with van der Waals surface area (Å²) in [5, 5.41) is 13.4. The van der Waals surface area contributed by atoms with Gasteiger partial charge in [0.1, 0.15) is 5.75 Å². The summed E-state index contributed by atoms with van der Waals surface area (Å²) in [5.74, 6) is 0.745. The molecule has 0 radical (unpaired) electrons. The van der Waals surface area contributed by atoms with Gasteiger partial charge in [0.15, 0.2) is 18.1 Å². The van der Waals surface area contributed by atoms with Crippen LogP contribution in [0.4, 0.5) is 0 Å². The highest BCUT2D eigenvalue weighted by molar-refractivity contribution is 5.83. The monoisotopic (exact) mass is 342 g/mol. The minimum Gasteiger partial charge on any atom is -0.504 e. The Hall–Kier alpha value is -3.02. The lowest BCUT2D eigenvalue weighted by molar-refractivity contribution is -0.123. The second kappa shape index (κ2) is 8.19. The summed E-state index contributed by atoms with van der Waals surface area (Å²) in [6.45, 7) is 5.78. The average molecular weight is 342 g/mol. The lowest BCUT2D eigenvalue weighted by atomic mass is 10.1. The van der Waals surface area contributed by atoms with Crippen LogP contribution in [0.3, 0.4) is 0 Å². The molecule has 0 aliphatic carbocycles. The van der Waals surface area contributed by atoms with Crippen LogP contribution in [-0.4, -0.2) is 30.9 Å². The maximum absolute atomic E-state index is 11.9. The molecule has 0 saturated heterocycles. The second-order valence-corrected chi connectivity index (χ2v) is 5.67. The number of methoxy groups -OCH3 is 1. The molecule has 1 amide bonds. The molecule has 6 heteroatoms. The van der Waals surface area contributed by atoms with Crippen molar-refractivity contribution in [3.63, 3.8) is 0 Å². The molecule has 2 N–H and O–H groups in total. The average Bonchev–Trinajstić information content (AvgIpc) is 2.59. The van der Waals surface area contributed by atoms with Crippen LogP contribution in [0.15, 0.2) is 35.4 Å². The Morgan fingerprint density at radius 2 is 1.92 bits per heavy atom. The van der Waals surface area contributed by atoms with Crippen molar-refractivity contribution in [3.05, 3.63) is 52.6 Å². The van der Waals surface area contributed by atoms with Crippen molar-refractivity contribution in [1.82, 2.24) is 5.43 Å². The first-order valence-electron chi connectivity index (χ1n) is 7.81. The third-order valence-corrected chi connectivity index (χ3v) is 3.83. The Bertz CT molecular complexity index is 800. The largest absolute Gasteiger partial charge is 0.504 e. The van der Waals surface area contributed by atoms with Gasteiger partial charge in [-0.25, -0.2) is 5.43 Å². The van der Waals surface area contributed by atoms with Crippen molar-refractivity contribution in [2.45, 2.75) is 20.8 Å². The fourth-order valence-corrected chi connectivity index (χ4v) is 2.27. The van der Waals surface area contributed by atoms with Gasteiger partial charge in [0.05, 0.1) is 13.3 Å². The quantitative estimate of drug-likeness (QED) is 0.625. The molecule has 0 aliphatic heterocycles. The van der Waals surface area contributed by atoms with E-state index in [4.69, 9.17) is 9.47 Å². The Balaban J connectivity index is 1.92. The first-order chi connectivity index (χ1) is 11.9. The van der Waals surface area contributed by atoms with E-state index in [1.165, 1.54) is 19.4 Å². The zero-order valence-corrected chi connectivity index (χ0v) is 14.8. The van der Waals surface area contributed by atoms with Gasteiger partial charge >= 0.3 is 0 Å². The number of ether oxygens (including phenoxy) is 2. The predicted octanol–water partition coefficient (Wildman–Crippen LogP) is 2.86. The molecule has 6 nitrogen and oxygen atoms in total. The van der Waals surface area contributed by atoms with E-state index >= 15 is 0 Å². The van der Waals surface area contributed by atoms with Crippen LogP contribution in [0.1, 0.15) is 22.3 Å². The number of aryl methyl sites for hydroxylation is 2. The highest BCUT2D eigenvalue weighted by atomic mass is 16.5. The Labute approximate surface area is 147 Å². The molecule has 2 rings (SSSR count). The highest BCUT2D eigenvalue weighted by Gasteiger charge is 2.09. The van der Waals surface area contributed by atoms with Crippen molar-refractivity contribution in [2.75, 3.05) is 13.7 Å². The molecule has 0 heterocycles. The molecule has 2 aromatic carbocycles. The smallest absolute Gasteiger partial charge is 0.277 e. The number of phenols is 1. The van der Waals surface area contributed by atoms with E-state index in [1.807, 2.05) is 32.9 Å². The molecule has 0 bridgehead atoms. The third-order valence-electron chi connectivity index (χ3n) is 3.83. The zero-order chi connectivity index (χ0) is 18.4. The number of carbonyl (C=O) groups is 1. The van der Waals surface area contributed by atoms with E-state index in [9.17, 15) is 9.90 Å². The normalized spacial score (nSPS) is 10.7. The fourth-order valence-electron chi connectivity index (χ4n) is 2.27. The molecule has 0 aromatic heterocycles. The summed E-state index contributed by atoms with van der Waals surface area (Å²) in [6, 6.07) is 8.75. The topological polar surface area (TPSA) is 80.2 Å². The maximum Gasteiger partial charge on any atom is 0.277 e. The standard InChI is InChI=1S/C19H22N2O4/c1-12-5-6-13(2)19(14(12)3)25-11-18(23)21-20-10-15-7-8-16(22)17(9-15)24-4/h5-10,22H,11H2,1-4H3,(H,21,23)/b20-10+. The number of hydrogen-bond donors (Lipinski definition) is 2. The van der Waals surface area contributed by atoms with Crippen LogP contribution in [0, 0.1) is 20.8 Å². The molecule has 0 aliphatic rings. The van der Waals surface area contributed by atoms with Crippen LogP contribution in [-0.2, 0) is 4.79 Å². The number of hydrogen-bond acceptors (Lipinski definition) is 5.